The average Bonchev–Trinajstić information content (AvgIpc) is 2.93. The summed E-state index contributed by atoms with van der Waals surface area (Å²) in [7, 11) is 1.84. The molecule has 1 aliphatic carbocycles. The monoisotopic (exact) mass is 308 g/mol. The van der Waals surface area contributed by atoms with E-state index in [9.17, 15) is 4.79 Å². The number of likely N-dealkylation sites (tertiary alicyclic amines) is 1. The molecule has 0 aromatic heterocycles. The maximum atomic E-state index is 11.6. The maximum absolute atomic E-state index is 11.6. The fourth-order valence-electron chi connectivity index (χ4n) is 3.80. The third kappa shape index (κ3) is 4.62. The first-order chi connectivity index (χ1) is 10.7. The van der Waals surface area contributed by atoms with Crippen LogP contribution in [0.2, 0.25) is 0 Å². The van der Waals surface area contributed by atoms with Crippen molar-refractivity contribution in [2.75, 3.05) is 33.2 Å². The molecule has 22 heavy (non-hydrogen) atoms. The van der Waals surface area contributed by atoms with Gasteiger partial charge in [0.25, 0.3) is 0 Å². The fraction of sp³-hybridized carbons (Fsp3) is 0.882. The lowest BCUT2D eigenvalue weighted by Gasteiger charge is -2.33. The van der Waals surface area contributed by atoms with E-state index in [-0.39, 0.29) is 5.91 Å². The molecule has 126 valence electrons. The molecular weight excluding hydrogens is 276 g/mol. The smallest absolute Gasteiger partial charge is 0.221 e. The van der Waals surface area contributed by atoms with E-state index in [1.807, 2.05) is 7.05 Å². The van der Waals surface area contributed by atoms with E-state index in [4.69, 9.17) is 0 Å². The van der Waals surface area contributed by atoms with Gasteiger partial charge in [-0.2, -0.15) is 0 Å². The van der Waals surface area contributed by atoms with Crippen molar-refractivity contribution in [1.82, 2.24) is 15.5 Å². The summed E-state index contributed by atoms with van der Waals surface area (Å²) in [6.45, 7) is 5.72. The molecule has 0 atom stereocenters. The molecule has 2 fully saturated rings. The van der Waals surface area contributed by atoms with Gasteiger partial charge in [-0.1, -0.05) is 26.2 Å². The molecular formula is C17H32N4O. The highest BCUT2D eigenvalue weighted by Gasteiger charge is 2.39. The zero-order valence-corrected chi connectivity index (χ0v) is 14.3. The number of carbonyl (C=O) groups is 1. The molecule has 5 heteroatoms. The van der Waals surface area contributed by atoms with E-state index in [1.165, 1.54) is 38.5 Å². The summed E-state index contributed by atoms with van der Waals surface area (Å²) in [5.41, 5.74) is 0.536. The third-order valence-corrected chi connectivity index (χ3v) is 5.07. The van der Waals surface area contributed by atoms with Gasteiger partial charge in [0.1, 0.15) is 0 Å². The van der Waals surface area contributed by atoms with Crippen LogP contribution in [0.15, 0.2) is 4.99 Å². The van der Waals surface area contributed by atoms with Crippen LogP contribution in [0, 0.1) is 5.41 Å². The highest BCUT2D eigenvalue weighted by molar-refractivity contribution is 5.81. The summed E-state index contributed by atoms with van der Waals surface area (Å²) in [6.07, 6.45) is 9.72. The molecule has 0 bridgehead atoms. The summed E-state index contributed by atoms with van der Waals surface area (Å²) >= 11 is 0. The Hall–Kier alpha value is -1.26. The highest BCUT2D eigenvalue weighted by Crippen LogP contribution is 2.43. The van der Waals surface area contributed by atoms with Gasteiger partial charge in [0.2, 0.25) is 5.91 Å². The Morgan fingerprint density at radius 1 is 1.14 bits per heavy atom. The predicted molar refractivity (Wildman–Crippen MR) is 91.0 cm³/mol. The maximum Gasteiger partial charge on any atom is 0.221 e. The van der Waals surface area contributed by atoms with Gasteiger partial charge in [-0.05, 0) is 31.1 Å². The minimum atomic E-state index is 0.120. The minimum absolute atomic E-state index is 0.120. The van der Waals surface area contributed by atoms with Crippen molar-refractivity contribution >= 4 is 11.9 Å². The zero-order valence-electron chi connectivity index (χ0n) is 14.3. The number of nitrogens with one attached hydrogen (secondary N) is 2. The van der Waals surface area contributed by atoms with Gasteiger partial charge in [0.05, 0.1) is 0 Å². The van der Waals surface area contributed by atoms with E-state index in [0.29, 0.717) is 18.4 Å². The SMILES string of the molecule is CCCNC(=O)CCNC(=NC)N1CCC2(CCCCC2)C1. The van der Waals surface area contributed by atoms with Crippen LogP contribution in [-0.4, -0.2) is 50.0 Å². The van der Waals surface area contributed by atoms with E-state index in [0.717, 1.165) is 32.0 Å². The molecule has 1 amide bonds. The molecule has 1 heterocycles. The van der Waals surface area contributed by atoms with Crippen LogP contribution in [0.3, 0.4) is 0 Å². The predicted octanol–water partition coefficient (Wildman–Crippen LogP) is 2.13. The molecule has 0 unspecified atom stereocenters. The fourth-order valence-corrected chi connectivity index (χ4v) is 3.80. The lowest BCUT2D eigenvalue weighted by molar-refractivity contribution is -0.120. The molecule has 5 nitrogen and oxygen atoms in total. The Bertz CT molecular complexity index is 388. The van der Waals surface area contributed by atoms with Crippen LogP contribution in [0.5, 0.6) is 0 Å². The molecule has 0 radical (unpaired) electrons. The normalized spacial score (nSPS) is 21.2. The van der Waals surface area contributed by atoms with Crippen LogP contribution in [-0.2, 0) is 4.79 Å². The third-order valence-electron chi connectivity index (χ3n) is 5.07. The van der Waals surface area contributed by atoms with Crippen LogP contribution in [0.25, 0.3) is 0 Å². The van der Waals surface area contributed by atoms with Gasteiger partial charge in [-0.15, -0.1) is 0 Å². The van der Waals surface area contributed by atoms with Gasteiger partial charge < -0.3 is 15.5 Å². The van der Waals surface area contributed by atoms with Gasteiger partial charge >= 0.3 is 0 Å². The van der Waals surface area contributed by atoms with E-state index >= 15 is 0 Å². The molecule has 2 rings (SSSR count). The quantitative estimate of drug-likeness (QED) is 0.604. The molecule has 1 saturated carbocycles. The summed E-state index contributed by atoms with van der Waals surface area (Å²) in [4.78, 5) is 18.4. The Labute approximate surface area is 134 Å². The molecule has 1 saturated heterocycles. The Morgan fingerprint density at radius 2 is 1.91 bits per heavy atom. The van der Waals surface area contributed by atoms with Gasteiger partial charge in [-0.25, -0.2) is 0 Å². The van der Waals surface area contributed by atoms with Gasteiger partial charge in [-0.3, -0.25) is 9.79 Å². The Morgan fingerprint density at radius 3 is 2.59 bits per heavy atom. The van der Waals surface area contributed by atoms with E-state index in [2.05, 4.69) is 27.4 Å². The number of hydrogen-bond acceptors (Lipinski definition) is 2. The second-order valence-corrected chi connectivity index (χ2v) is 6.81. The van der Waals surface area contributed by atoms with Crippen LogP contribution in [0.1, 0.15) is 58.3 Å². The van der Waals surface area contributed by atoms with Crippen molar-refractivity contribution in [2.45, 2.75) is 58.3 Å². The second-order valence-electron chi connectivity index (χ2n) is 6.81. The number of aliphatic imine (C=N–C) groups is 1. The van der Waals surface area contributed by atoms with Gasteiger partial charge in [0, 0.05) is 39.6 Å². The summed E-state index contributed by atoms with van der Waals surface area (Å²) < 4.78 is 0. The van der Waals surface area contributed by atoms with Crippen LogP contribution in [0.4, 0.5) is 0 Å². The van der Waals surface area contributed by atoms with E-state index in [1.54, 1.807) is 0 Å². The summed E-state index contributed by atoms with van der Waals surface area (Å²) in [5.74, 6) is 1.08. The second kappa shape index (κ2) is 8.39. The molecule has 1 spiro atoms. The standard InChI is InChI=1S/C17H32N4O/c1-3-11-19-15(22)7-12-20-16(18-2)21-13-10-17(14-21)8-5-4-6-9-17/h3-14H2,1-2H3,(H,18,20)(H,19,22). The largest absolute Gasteiger partial charge is 0.356 e. The average molecular weight is 308 g/mol. The number of guanidine groups is 1. The van der Waals surface area contributed by atoms with Crippen molar-refractivity contribution in [1.29, 1.82) is 0 Å². The minimum Gasteiger partial charge on any atom is -0.356 e. The lowest BCUT2D eigenvalue weighted by Crippen LogP contribution is -2.42. The number of carbonyl (C=O) groups excluding carboxylic acids is 1. The van der Waals surface area contributed by atoms with Crippen molar-refractivity contribution in [3.63, 3.8) is 0 Å². The summed E-state index contributed by atoms with van der Waals surface area (Å²) in [6, 6.07) is 0. The molecule has 1 aliphatic heterocycles. The van der Waals surface area contributed by atoms with Crippen molar-refractivity contribution in [3.8, 4) is 0 Å². The number of rotatable bonds is 5. The van der Waals surface area contributed by atoms with Crippen molar-refractivity contribution in [2.24, 2.45) is 10.4 Å². The molecule has 2 N–H and O–H groups in total. The Balaban J connectivity index is 1.74. The molecule has 0 aromatic rings. The van der Waals surface area contributed by atoms with Crippen LogP contribution >= 0.6 is 0 Å². The molecule has 2 aliphatic rings. The number of amides is 1. The first-order valence-electron chi connectivity index (χ1n) is 8.91. The highest BCUT2D eigenvalue weighted by atomic mass is 16.1. The van der Waals surface area contributed by atoms with E-state index < -0.39 is 0 Å². The first kappa shape index (κ1) is 17.1. The first-order valence-corrected chi connectivity index (χ1v) is 8.91. The van der Waals surface area contributed by atoms with Crippen molar-refractivity contribution in [3.05, 3.63) is 0 Å². The number of hydrogen-bond donors (Lipinski definition) is 2. The number of nitrogens with zero attached hydrogens (tertiary/aromatic N) is 2. The van der Waals surface area contributed by atoms with Crippen molar-refractivity contribution < 1.29 is 4.79 Å². The Kier molecular flexibility index (Phi) is 6.52. The van der Waals surface area contributed by atoms with Crippen LogP contribution < -0.4 is 10.6 Å². The lowest BCUT2D eigenvalue weighted by atomic mass is 9.73. The topological polar surface area (TPSA) is 56.7 Å². The summed E-state index contributed by atoms with van der Waals surface area (Å²) in [5, 5.41) is 6.26. The van der Waals surface area contributed by atoms with Gasteiger partial charge in [0.15, 0.2) is 5.96 Å². The zero-order chi connectivity index (χ0) is 15.8. The molecule has 0 aromatic carbocycles.